The zero-order valence-electron chi connectivity index (χ0n) is 12.4. The molecule has 1 aliphatic heterocycles. The molecule has 2 heterocycles. The maximum Gasteiger partial charge on any atom is 0.298 e. The van der Waals surface area contributed by atoms with Gasteiger partial charge in [0.2, 0.25) is 0 Å². The van der Waals surface area contributed by atoms with Crippen molar-refractivity contribution in [3.63, 3.8) is 0 Å². The number of aromatic nitrogens is 1. The molecule has 0 radical (unpaired) electrons. The van der Waals surface area contributed by atoms with E-state index in [1.807, 2.05) is 18.7 Å². The highest BCUT2D eigenvalue weighted by Gasteiger charge is 2.35. The van der Waals surface area contributed by atoms with E-state index in [4.69, 9.17) is 13.9 Å². The number of morpholine rings is 1. The first-order chi connectivity index (χ1) is 9.97. The first kappa shape index (κ1) is 14.3. The highest BCUT2D eigenvalue weighted by molar-refractivity contribution is 5.74. The third-order valence-corrected chi connectivity index (χ3v) is 3.44. The molecular formula is C15H19FN2O3. The lowest BCUT2D eigenvalue weighted by molar-refractivity contribution is -0.107. The molecule has 0 bridgehead atoms. The third-order valence-electron chi connectivity index (χ3n) is 3.44. The van der Waals surface area contributed by atoms with Gasteiger partial charge < -0.3 is 18.8 Å². The van der Waals surface area contributed by atoms with E-state index in [-0.39, 0.29) is 17.5 Å². The summed E-state index contributed by atoms with van der Waals surface area (Å²) in [5.41, 5.74) is 0.782. The Morgan fingerprint density at radius 1 is 1.48 bits per heavy atom. The molecule has 3 rings (SSSR count). The number of fused-ring (bicyclic) bond motifs is 1. The van der Waals surface area contributed by atoms with Crippen LogP contribution in [0.2, 0.25) is 0 Å². The van der Waals surface area contributed by atoms with Gasteiger partial charge in [0.25, 0.3) is 6.01 Å². The van der Waals surface area contributed by atoms with Gasteiger partial charge >= 0.3 is 0 Å². The number of nitrogens with zero attached hydrogens (tertiary/aromatic N) is 2. The van der Waals surface area contributed by atoms with Gasteiger partial charge in [0.1, 0.15) is 11.3 Å². The summed E-state index contributed by atoms with van der Waals surface area (Å²) in [7, 11) is 1.65. The van der Waals surface area contributed by atoms with Gasteiger partial charge in [-0.1, -0.05) is 0 Å². The van der Waals surface area contributed by atoms with Gasteiger partial charge in [0.15, 0.2) is 5.58 Å². The third kappa shape index (κ3) is 3.01. The monoisotopic (exact) mass is 294 g/mol. The van der Waals surface area contributed by atoms with Crippen LogP contribution in [0.1, 0.15) is 13.8 Å². The van der Waals surface area contributed by atoms with Crippen molar-refractivity contribution in [2.24, 2.45) is 0 Å². The van der Waals surface area contributed by atoms with E-state index in [0.717, 1.165) is 0 Å². The molecule has 1 saturated heterocycles. The molecule has 0 spiro atoms. The molecule has 1 aliphatic rings. The largest absolute Gasteiger partial charge is 0.423 e. The summed E-state index contributed by atoms with van der Waals surface area (Å²) in [6, 6.07) is 4.84. The zero-order valence-corrected chi connectivity index (χ0v) is 12.4. The van der Waals surface area contributed by atoms with Crippen LogP contribution in [-0.4, -0.2) is 43.5 Å². The maximum atomic E-state index is 13.2. The van der Waals surface area contributed by atoms with Crippen LogP contribution in [0.3, 0.4) is 0 Å². The van der Waals surface area contributed by atoms with E-state index in [0.29, 0.717) is 36.8 Å². The van der Waals surface area contributed by atoms with Crippen molar-refractivity contribution >= 4 is 17.1 Å². The summed E-state index contributed by atoms with van der Waals surface area (Å²) in [5, 5.41) is 0. The van der Waals surface area contributed by atoms with Crippen molar-refractivity contribution in [1.82, 2.24) is 4.98 Å². The van der Waals surface area contributed by atoms with Crippen molar-refractivity contribution < 1.29 is 18.3 Å². The minimum absolute atomic E-state index is 0.0505. The number of ether oxygens (including phenoxy) is 2. The van der Waals surface area contributed by atoms with Crippen LogP contribution in [0.4, 0.5) is 10.4 Å². The molecule has 1 fully saturated rings. The lowest BCUT2D eigenvalue weighted by atomic mass is 10.1. The number of methoxy groups -OCH3 is 1. The zero-order chi connectivity index (χ0) is 15.0. The Hall–Kier alpha value is -1.66. The Morgan fingerprint density at radius 3 is 3.05 bits per heavy atom. The molecular weight excluding hydrogens is 275 g/mol. The summed E-state index contributed by atoms with van der Waals surface area (Å²) in [5.74, 6) is -0.318. The summed E-state index contributed by atoms with van der Waals surface area (Å²) in [6.45, 7) is 5.83. The van der Waals surface area contributed by atoms with Crippen LogP contribution in [0.15, 0.2) is 22.6 Å². The average Bonchev–Trinajstić information content (AvgIpc) is 2.80. The summed E-state index contributed by atoms with van der Waals surface area (Å²) in [6.07, 6.45) is -0.0505. The number of rotatable bonds is 3. The van der Waals surface area contributed by atoms with E-state index in [1.54, 1.807) is 13.2 Å². The minimum atomic E-state index is -0.326. The highest BCUT2D eigenvalue weighted by Crippen LogP contribution is 2.28. The molecule has 2 aromatic rings. The van der Waals surface area contributed by atoms with Crippen LogP contribution >= 0.6 is 0 Å². The van der Waals surface area contributed by atoms with Gasteiger partial charge in [0, 0.05) is 13.2 Å². The van der Waals surface area contributed by atoms with Crippen LogP contribution in [0.25, 0.3) is 11.1 Å². The molecule has 1 atom stereocenters. The van der Waals surface area contributed by atoms with Gasteiger partial charge in [-0.15, -0.1) is 0 Å². The van der Waals surface area contributed by atoms with E-state index in [1.165, 1.54) is 12.1 Å². The van der Waals surface area contributed by atoms with Gasteiger partial charge in [-0.25, -0.2) is 4.39 Å². The first-order valence-corrected chi connectivity index (χ1v) is 6.95. The summed E-state index contributed by atoms with van der Waals surface area (Å²) < 4.78 is 30.1. The predicted octanol–water partition coefficient (Wildman–Crippen LogP) is 2.60. The molecule has 5 nitrogen and oxygen atoms in total. The van der Waals surface area contributed by atoms with E-state index in [2.05, 4.69) is 4.98 Å². The molecule has 21 heavy (non-hydrogen) atoms. The Bertz CT molecular complexity index is 641. The van der Waals surface area contributed by atoms with Crippen LogP contribution in [-0.2, 0) is 9.47 Å². The van der Waals surface area contributed by atoms with Crippen molar-refractivity contribution in [3.8, 4) is 0 Å². The fraction of sp³-hybridized carbons (Fsp3) is 0.533. The SMILES string of the molecule is COC[C@@H]1CN(c2nc3cc(F)ccc3o2)CC(C)(C)O1. The van der Waals surface area contributed by atoms with Crippen molar-refractivity contribution in [2.45, 2.75) is 25.6 Å². The minimum Gasteiger partial charge on any atom is -0.423 e. The number of hydrogen-bond acceptors (Lipinski definition) is 5. The van der Waals surface area contributed by atoms with E-state index in [9.17, 15) is 4.39 Å². The second kappa shape index (κ2) is 5.27. The van der Waals surface area contributed by atoms with Gasteiger partial charge in [-0.2, -0.15) is 4.98 Å². The van der Waals surface area contributed by atoms with Crippen LogP contribution < -0.4 is 4.90 Å². The van der Waals surface area contributed by atoms with Crippen molar-refractivity contribution in [2.75, 3.05) is 31.7 Å². The lowest BCUT2D eigenvalue weighted by Crippen LogP contribution is -2.54. The van der Waals surface area contributed by atoms with Gasteiger partial charge in [-0.05, 0) is 26.0 Å². The standard InChI is InChI=1S/C15H19FN2O3/c1-15(2)9-18(7-11(21-15)8-19-3)14-17-12-6-10(16)4-5-13(12)20-14/h4-6,11H,7-9H2,1-3H3/t11-/m0/s1. The highest BCUT2D eigenvalue weighted by atomic mass is 19.1. The fourth-order valence-electron chi connectivity index (χ4n) is 2.74. The Morgan fingerprint density at radius 2 is 2.29 bits per heavy atom. The van der Waals surface area contributed by atoms with E-state index < -0.39 is 0 Å². The maximum absolute atomic E-state index is 13.2. The smallest absolute Gasteiger partial charge is 0.298 e. The second-order valence-electron chi connectivity index (χ2n) is 5.94. The number of hydrogen-bond donors (Lipinski definition) is 0. The van der Waals surface area contributed by atoms with Crippen LogP contribution in [0.5, 0.6) is 0 Å². The first-order valence-electron chi connectivity index (χ1n) is 6.95. The molecule has 6 heteroatoms. The second-order valence-corrected chi connectivity index (χ2v) is 5.94. The Balaban J connectivity index is 1.89. The van der Waals surface area contributed by atoms with Gasteiger partial charge in [0.05, 0.1) is 31.4 Å². The molecule has 0 amide bonds. The number of anilines is 1. The number of benzene rings is 1. The van der Waals surface area contributed by atoms with Gasteiger partial charge in [-0.3, -0.25) is 0 Å². The molecule has 0 unspecified atom stereocenters. The molecule has 0 saturated carbocycles. The normalized spacial score (nSPS) is 21.9. The molecule has 1 aromatic carbocycles. The molecule has 1 aromatic heterocycles. The molecule has 0 N–H and O–H groups in total. The average molecular weight is 294 g/mol. The fourth-order valence-corrected chi connectivity index (χ4v) is 2.74. The predicted molar refractivity (Wildman–Crippen MR) is 77.0 cm³/mol. The quantitative estimate of drug-likeness (QED) is 0.871. The Kier molecular flexibility index (Phi) is 3.59. The van der Waals surface area contributed by atoms with E-state index >= 15 is 0 Å². The lowest BCUT2D eigenvalue weighted by Gasteiger charge is -2.41. The Labute approximate surface area is 122 Å². The molecule has 114 valence electrons. The number of halogens is 1. The summed E-state index contributed by atoms with van der Waals surface area (Å²) in [4.78, 5) is 6.40. The molecule has 0 aliphatic carbocycles. The van der Waals surface area contributed by atoms with Crippen molar-refractivity contribution in [3.05, 3.63) is 24.0 Å². The summed E-state index contributed by atoms with van der Waals surface area (Å²) >= 11 is 0. The topological polar surface area (TPSA) is 47.7 Å². The van der Waals surface area contributed by atoms with Crippen LogP contribution in [0, 0.1) is 5.82 Å². The number of oxazole rings is 1. The van der Waals surface area contributed by atoms with Crippen molar-refractivity contribution in [1.29, 1.82) is 0 Å².